The number of rotatable bonds is 14. The maximum atomic E-state index is 12.7. The fourth-order valence-corrected chi connectivity index (χ4v) is 4.14. The van der Waals surface area contributed by atoms with Gasteiger partial charge in [-0.25, -0.2) is 4.98 Å². The third-order valence-electron chi connectivity index (χ3n) is 5.26. The van der Waals surface area contributed by atoms with Crippen LogP contribution in [-0.2, 0) is 4.79 Å². The Morgan fingerprint density at radius 2 is 1.52 bits per heavy atom. The van der Waals surface area contributed by atoms with Gasteiger partial charge in [0.05, 0.1) is 16.9 Å². The summed E-state index contributed by atoms with van der Waals surface area (Å²) in [7, 11) is 0. The maximum Gasteiger partial charge on any atom is 0.259 e. The van der Waals surface area contributed by atoms with Crippen LogP contribution in [0.3, 0.4) is 0 Å². The Morgan fingerprint density at radius 1 is 0.903 bits per heavy atom. The molecule has 1 aromatic heterocycles. The molecule has 6 nitrogen and oxygen atoms in total. The number of carbonyl (C=O) groups excluding carboxylic acids is 2. The number of benzene rings is 1. The number of aliphatic hydroxyl groups excluding tert-OH is 1. The molecule has 0 spiro atoms. The van der Waals surface area contributed by atoms with Gasteiger partial charge in [-0.1, -0.05) is 57.1 Å². The minimum absolute atomic E-state index is 0.0646. The molecule has 2 rings (SSSR count). The van der Waals surface area contributed by atoms with E-state index >= 15 is 0 Å². The first kappa shape index (κ1) is 25.0. The average Bonchev–Trinajstić information content (AvgIpc) is 3.06. The van der Waals surface area contributed by atoms with Gasteiger partial charge in [0, 0.05) is 17.9 Å². The van der Waals surface area contributed by atoms with Crippen molar-refractivity contribution in [1.82, 2.24) is 4.98 Å². The highest BCUT2D eigenvalue weighted by Gasteiger charge is 2.15. The van der Waals surface area contributed by atoms with E-state index in [9.17, 15) is 9.59 Å². The van der Waals surface area contributed by atoms with E-state index in [2.05, 4.69) is 15.6 Å². The second-order valence-electron chi connectivity index (χ2n) is 7.86. The van der Waals surface area contributed by atoms with Gasteiger partial charge in [0.25, 0.3) is 5.91 Å². The van der Waals surface area contributed by atoms with Crippen molar-refractivity contribution in [2.75, 3.05) is 17.2 Å². The van der Waals surface area contributed by atoms with Crippen molar-refractivity contribution in [1.29, 1.82) is 0 Å². The lowest BCUT2D eigenvalue weighted by Crippen LogP contribution is -2.18. The highest BCUT2D eigenvalue weighted by Crippen LogP contribution is 2.23. The summed E-state index contributed by atoms with van der Waals surface area (Å²) in [5, 5.41) is 15.0. The Hall–Kier alpha value is -2.25. The predicted octanol–water partition coefficient (Wildman–Crippen LogP) is 5.84. The van der Waals surface area contributed by atoms with E-state index in [1.165, 1.54) is 37.0 Å². The molecule has 0 saturated heterocycles. The molecular formula is C24H35N3O3S. The molecule has 0 unspecified atom stereocenters. The van der Waals surface area contributed by atoms with Crippen LogP contribution in [0.15, 0.2) is 24.3 Å². The monoisotopic (exact) mass is 445 g/mol. The Bertz CT molecular complexity index is 816. The summed E-state index contributed by atoms with van der Waals surface area (Å²) in [5.74, 6) is -0.339. The minimum Gasteiger partial charge on any atom is -0.396 e. The van der Waals surface area contributed by atoms with Crippen LogP contribution in [-0.4, -0.2) is 28.5 Å². The highest BCUT2D eigenvalue weighted by molar-refractivity contribution is 7.15. The van der Waals surface area contributed by atoms with Gasteiger partial charge in [0.15, 0.2) is 5.13 Å². The number of aryl methyl sites for hydroxylation is 2. The van der Waals surface area contributed by atoms with E-state index in [-0.39, 0.29) is 11.8 Å². The summed E-state index contributed by atoms with van der Waals surface area (Å²) in [6, 6.07) is 7.05. The van der Waals surface area contributed by atoms with Gasteiger partial charge in [-0.15, -0.1) is 11.3 Å². The van der Waals surface area contributed by atoms with E-state index in [1.807, 2.05) is 19.9 Å². The van der Waals surface area contributed by atoms with Gasteiger partial charge >= 0.3 is 0 Å². The third kappa shape index (κ3) is 9.19. The van der Waals surface area contributed by atoms with Gasteiger partial charge in [0.2, 0.25) is 5.91 Å². The molecule has 0 aliphatic carbocycles. The zero-order chi connectivity index (χ0) is 22.5. The van der Waals surface area contributed by atoms with Gasteiger partial charge in [-0.3, -0.25) is 14.9 Å². The van der Waals surface area contributed by atoms with Crippen molar-refractivity contribution in [3.05, 3.63) is 40.4 Å². The lowest BCUT2D eigenvalue weighted by atomic mass is 10.1. The molecule has 0 radical (unpaired) electrons. The summed E-state index contributed by atoms with van der Waals surface area (Å²) >= 11 is 1.44. The van der Waals surface area contributed by atoms with Crippen LogP contribution < -0.4 is 10.6 Å². The number of nitrogens with zero attached hydrogens (tertiary/aromatic N) is 1. The van der Waals surface area contributed by atoms with E-state index in [4.69, 9.17) is 5.11 Å². The third-order valence-corrected chi connectivity index (χ3v) is 6.25. The van der Waals surface area contributed by atoms with Crippen molar-refractivity contribution in [2.45, 2.75) is 78.1 Å². The summed E-state index contributed by atoms with van der Waals surface area (Å²) in [6.07, 6.45) is 10.3. The van der Waals surface area contributed by atoms with Crippen molar-refractivity contribution < 1.29 is 14.7 Å². The minimum atomic E-state index is -0.274. The molecule has 2 aromatic rings. The molecule has 0 atom stereocenters. The van der Waals surface area contributed by atoms with Crippen molar-refractivity contribution in [3.63, 3.8) is 0 Å². The number of para-hydroxylation sites is 1. The number of nitrogens with one attached hydrogen (secondary N) is 2. The Balaban J connectivity index is 1.71. The number of hydrogen-bond acceptors (Lipinski definition) is 5. The number of carbonyl (C=O) groups is 2. The van der Waals surface area contributed by atoms with Gasteiger partial charge in [-0.2, -0.15) is 0 Å². The molecule has 7 heteroatoms. The molecule has 0 fully saturated rings. The van der Waals surface area contributed by atoms with Crippen LogP contribution in [0.4, 0.5) is 10.8 Å². The van der Waals surface area contributed by atoms with Gasteiger partial charge < -0.3 is 10.4 Å². The molecule has 0 saturated carbocycles. The summed E-state index contributed by atoms with van der Waals surface area (Å²) < 4.78 is 0. The normalized spacial score (nSPS) is 10.8. The molecule has 0 aliphatic rings. The lowest BCUT2D eigenvalue weighted by molar-refractivity contribution is -0.116. The number of thiazole rings is 1. The first-order valence-corrected chi connectivity index (χ1v) is 12.1. The summed E-state index contributed by atoms with van der Waals surface area (Å²) in [4.78, 5) is 30.4. The van der Waals surface area contributed by atoms with Gasteiger partial charge in [-0.05, 0) is 38.8 Å². The Morgan fingerprint density at radius 3 is 2.13 bits per heavy atom. The maximum absolute atomic E-state index is 12.7. The molecule has 3 N–H and O–H groups in total. The predicted molar refractivity (Wildman–Crippen MR) is 128 cm³/mol. The van der Waals surface area contributed by atoms with Gasteiger partial charge in [0.1, 0.15) is 0 Å². The smallest absolute Gasteiger partial charge is 0.259 e. The molecule has 1 heterocycles. The van der Waals surface area contributed by atoms with Crippen LogP contribution >= 0.6 is 11.3 Å². The van der Waals surface area contributed by atoms with E-state index in [1.54, 1.807) is 18.2 Å². The van der Waals surface area contributed by atoms with Crippen molar-refractivity contribution in [3.8, 4) is 0 Å². The average molecular weight is 446 g/mol. The number of hydrogen-bond donors (Lipinski definition) is 3. The lowest BCUT2D eigenvalue weighted by Gasteiger charge is -2.10. The number of anilines is 2. The summed E-state index contributed by atoms with van der Waals surface area (Å²) in [5.41, 5.74) is 1.86. The first-order valence-electron chi connectivity index (χ1n) is 11.3. The zero-order valence-corrected chi connectivity index (χ0v) is 19.5. The quantitative estimate of drug-likeness (QED) is 0.318. The van der Waals surface area contributed by atoms with Crippen LogP contribution in [0.5, 0.6) is 0 Å². The number of amides is 2. The fourth-order valence-electron chi connectivity index (χ4n) is 3.33. The van der Waals surface area contributed by atoms with Crippen LogP contribution in [0, 0.1) is 13.8 Å². The second kappa shape index (κ2) is 13.9. The SMILES string of the molecule is Cc1nc(NC(=O)c2ccccc2NC(=O)CCCCCCCCCCCO)sc1C. The molecule has 0 bridgehead atoms. The number of aromatic nitrogens is 1. The zero-order valence-electron chi connectivity index (χ0n) is 18.7. The van der Waals surface area contributed by atoms with Crippen LogP contribution in [0.2, 0.25) is 0 Å². The molecule has 1 aromatic carbocycles. The standard InChI is InChI=1S/C24H35N3O3S/c1-18-19(2)31-24(25-18)27-23(30)20-14-11-12-15-21(20)26-22(29)16-10-8-6-4-3-5-7-9-13-17-28/h11-12,14-15,28H,3-10,13,16-17H2,1-2H3,(H,26,29)(H,25,27,30). The molecule has 170 valence electrons. The molecule has 31 heavy (non-hydrogen) atoms. The molecule has 0 aliphatic heterocycles. The topological polar surface area (TPSA) is 91.3 Å². The van der Waals surface area contributed by atoms with Crippen molar-refractivity contribution in [2.24, 2.45) is 0 Å². The number of aliphatic hydroxyl groups is 1. The van der Waals surface area contributed by atoms with E-state index in [0.29, 0.717) is 29.4 Å². The Kier molecular flexibility index (Phi) is 11.2. The summed E-state index contributed by atoms with van der Waals surface area (Å²) in [6.45, 7) is 4.17. The molecule has 2 amide bonds. The van der Waals surface area contributed by atoms with Crippen LogP contribution in [0.25, 0.3) is 0 Å². The number of unbranched alkanes of at least 4 members (excludes halogenated alkanes) is 8. The Labute approximate surface area is 189 Å². The second-order valence-corrected chi connectivity index (χ2v) is 9.07. The van der Waals surface area contributed by atoms with Crippen molar-refractivity contribution >= 4 is 34.0 Å². The fraction of sp³-hybridized carbons (Fsp3) is 0.542. The van der Waals surface area contributed by atoms with E-state index in [0.717, 1.165) is 42.7 Å². The molecular weight excluding hydrogens is 410 g/mol. The highest BCUT2D eigenvalue weighted by atomic mass is 32.1. The first-order chi connectivity index (χ1) is 15.0. The largest absolute Gasteiger partial charge is 0.396 e. The van der Waals surface area contributed by atoms with Crippen LogP contribution in [0.1, 0.15) is 85.1 Å². The van der Waals surface area contributed by atoms with E-state index < -0.39 is 0 Å².